The second-order valence-corrected chi connectivity index (χ2v) is 4.53. The van der Waals surface area contributed by atoms with E-state index in [9.17, 15) is 5.26 Å². The summed E-state index contributed by atoms with van der Waals surface area (Å²) in [5.74, 6) is 1.20. The Bertz CT molecular complexity index is 241. The molecule has 0 saturated heterocycles. The SMILES string of the molecule is C=CCNC1(C#N)CCC(C)CC1C. The molecular weight excluding hydrogens is 172 g/mol. The fourth-order valence-corrected chi connectivity index (χ4v) is 2.37. The third-order valence-electron chi connectivity index (χ3n) is 3.39. The number of hydrogen-bond acceptors (Lipinski definition) is 2. The molecule has 0 heterocycles. The van der Waals surface area contributed by atoms with Gasteiger partial charge in [-0.05, 0) is 31.1 Å². The molecule has 1 rings (SSSR count). The van der Waals surface area contributed by atoms with Crippen LogP contribution in [0.15, 0.2) is 12.7 Å². The van der Waals surface area contributed by atoms with Crippen molar-refractivity contribution in [2.24, 2.45) is 11.8 Å². The van der Waals surface area contributed by atoms with Crippen LogP contribution < -0.4 is 5.32 Å². The lowest BCUT2D eigenvalue weighted by Gasteiger charge is -2.40. The molecule has 0 spiro atoms. The van der Waals surface area contributed by atoms with E-state index in [1.165, 1.54) is 0 Å². The first-order valence-electron chi connectivity index (χ1n) is 5.42. The standard InChI is InChI=1S/C12H20N2/c1-4-7-14-12(9-13)6-5-10(2)8-11(12)3/h4,10-11,14H,1,5-8H2,2-3H3. The number of nitrogens with zero attached hydrogens (tertiary/aromatic N) is 1. The van der Waals surface area contributed by atoms with Crippen molar-refractivity contribution in [3.05, 3.63) is 12.7 Å². The van der Waals surface area contributed by atoms with Gasteiger partial charge in [0.2, 0.25) is 0 Å². The number of nitrogens with one attached hydrogen (secondary N) is 1. The van der Waals surface area contributed by atoms with Crippen molar-refractivity contribution < 1.29 is 0 Å². The zero-order valence-electron chi connectivity index (χ0n) is 9.21. The Morgan fingerprint density at radius 1 is 1.64 bits per heavy atom. The molecule has 2 nitrogen and oxygen atoms in total. The van der Waals surface area contributed by atoms with Gasteiger partial charge in [0, 0.05) is 6.54 Å². The van der Waals surface area contributed by atoms with Gasteiger partial charge < -0.3 is 0 Å². The molecule has 0 aromatic carbocycles. The largest absolute Gasteiger partial charge is 0.296 e. The molecule has 0 amide bonds. The lowest BCUT2D eigenvalue weighted by atomic mass is 9.71. The Morgan fingerprint density at radius 2 is 2.36 bits per heavy atom. The molecule has 0 radical (unpaired) electrons. The maximum Gasteiger partial charge on any atom is 0.109 e. The first-order valence-corrected chi connectivity index (χ1v) is 5.42. The summed E-state index contributed by atoms with van der Waals surface area (Å²) in [7, 11) is 0. The van der Waals surface area contributed by atoms with E-state index in [1.807, 2.05) is 6.08 Å². The topological polar surface area (TPSA) is 35.8 Å². The summed E-state index contributed by atoms with van der Waals surface area (Å²) in [4.78, 5) is 0. The Hall–Kier alpha value is -0.810. The predicted molar refractivity (Wildman–Crippen MR) is 58.7 cm³/mol. The van der Waals surface area contributed by atoms with Gasteiger partial charge in [-0.25, -0.2) is 0 Å². The van der Waals surface area contributed by atoms with E-state index in [4.69, 9.17) is 0 Å². The molecule has 3 unspecified atom stereocenters. The van der Waals surface area contributed by atoms with Crippen molar-refractivity contribution >= 4 is 0 Å². The van der Waals surface area contributed by atoms with Crippen molar-refractivity contribution in [1.82, 2.24) is 5.32 Å². The van der Waals surface area contributed by atoms with Crippen LogP contribution in [-0.4, -0.2) is 12.1 Å². The molecule has 1 fully saturated rings. The zero-order chi connectivity index (χ0) is 10.6. The molecule has 0 bridgehead atoms. The van der Waals surface area contributed by atoms with E-state index in [1.54, 1.807) is 0 Å². The zero-order valence-corrected chi connectivity index (χ0v) is 9.21. The molecule has 1 aliphatic rings. The molecule has 0 aromatic rings. The summed E-state index contributed by atoms with van der Waals surface area (Å²) in [6, 6.07) is 2.46. The van der Waals surface area contributed by atoms with Crippen molar-refractivity contribution in [1.29, 1.82) is 5.26 Å². The summed E-state index contributed by atoms with van der Waals surface area (Å²) >= 11 is 0. The minimum atomic E-state index is -0.305. The third-order valence-corrected chi connectivity index (χ3v) is 3.39. The summed E-state index contributed by atoms with van der Waals surface area (Å²) < 4.78 is 0. The second-order valence-electron chi connectivity index (χ2n) is 4.53. The third kappa shape index (κ3) is 2.16. The summed E-state index contributed by atoms with van der Waals surface area (Å²) in [5.41, 5.74) is -0.305. The van der Waals surface area contributed by atoms with Crippen LogP contribution >= 0.6 is 0 Å². The Balaban J connectivity index is 2.68. The van der Waals surface area contributed by atoms with Gasteiger partial charge in [-0.3, -0.25) is 5.32 Å². The van der Waals surface area contributed by atoms with E-state index < -0.39 is 0 Å². The minimum absolute atomic E-state index is 0.305. The highest BCUT2D eigenvalue weighted by Crippen LogP contribution is 2.36. The van der Waals surface area contributed by atoms with Gasteiger partial charge in [0.15, 0.2) is 0 Å². The van der Waals surface area contributed by atoms with E-state index in [-0.39, 0.29) is 5.54 Å². The smallest absolute Gasteiger partial charge is 0.109 e. The Kier molecular flexibility index (Phi) is 3.71. The fraction of sp³-hybridized carbons (Fsp3) is 0.750. The van der Waals surface area contributed by atoms with Crippen molar-refractivity contribution in [2.75, 3.05) is 6.54 Å². The fourth-order valence-electron chi connectivity index (χ4n) is 2.37. The molecule has 0 aliphatic heterocycles. The lowest BCUT2D eigenvalue weighted by molar-refractivity contribution is 0.177. The first kappa shape index (κ1) is 11.3. The van der Waals surface area contributed by atoms with Crippen LogP contribution in [0.2, 0.25) is 0 Å². The quantitative estimate of drug-likeness (QED) is 0.697. The van der Waals surface area contributed by atoms with Gasteiger partial charge in [0.1, 0.15) is 5.54 Å². The molecule has 0 aromatic heterocycles. The maximum absolute atomic E-state index is 9.28. The number of nitriles is 1. The van der Waals surface area contributed by atoms with E-state index in [2.05, 4.69) is 31.8 Å². The minimum Gasteiger partial charge on any atom is -0.296 e. The molecule has 78 valence electrons. The molecule has 1 aliphatic carbocycles. The van der Waals surface area contributed by atoms with Crippen LogP contribution in [0.1, 0.15) is 33.1 Å². The maximum atomic E-state index is 9.28. The van der Waals surface area contributed by atoms with Gasteiger partial charge >= 0.3 is 0 Å². The van der Waals surface area contributed by atoms with Gasteiger partial charge in [-0.1, -0.05) is 19.9 Å². The van der Waals surface area contributed by atoms with Crippen molar-refractivity contribution in [3.63, 3.8) is 0 Å². The molecule has 1 N–H and O–H groups in total. The van der Waals surface area contributed by atoms with E-state index in [0.29, 0.717) is 5.92 Å². The first-order chi connectivity index (χ1) is 6.64. The highest BCUT2D eigenvalue weighted by atomic mass is 15.0. The Labute approximate surface area is 87.0 Å². The van der Waals surface area contributed by atoms with Crippen LogP contribution in [0.3, 0.4) is 0 Å². The average Bonchev–Trinajstić information content (AvgIpc) is 2.18. The van der Waals surface area contributed by atoms with E-state index >= 15 is 0 Å². The van der Waals surface area contributed by atoms with Gasteiger partial charge in [0.25, 0.3) is 0 Å². The van der Waals surface area contributed by atoms with Crippen LogP contribution in [-0.2, 0) is 0 Å². The van der Waals surface area contributed by atoms with Crippen LogP contribution in [0.25, 0.3) is 0 Å². The predicted octanol–water partition coefficient (Wildman–Crippen LogP) is 2.48. The summed E-state index contributed by atoms with van der Waals surface area (Å²) in [6.45, 7) is 8.85. The molecule has 3 atom stereocenters. The number of hydrogen-bond donors (Lipinski definition) is 1. The van der Waals surface area contributed by atoms with E-state index in [0.717, 1.165) is 31.7 Å². The van der Waals surface area contributed by atoms with Crippen LogP contribution in [0.4, 0.5) is 0 Å². The Morgan fingerprint density at radius 3 is 2.86 bits per heavy atom. The highest BCUT2D eigenvalue weighted by molar-refractivity contribution is 5.12. The molecular formula is C12H20N2. The van der Waals surface area contributed by atoms with Gasteiger partial charge in [-0.15, -0.1) is 6.58 Å². The van der Waals surface area contributed by atoms with Crippen LogP contribution in [0.5, 0.6) is 0 Å². The average molecular weight is 192 g/mol. The summed E-state index contributed by atoms with van der Waals surface area (Å²) in [6.07, 6.45) is 5.10. The van der Waals surface area contributed by atoms with Crippen molar-refractivity contribution in [3.8, 4) is 6.07 Å². The monoisotopic (exact) mass is 192 g/mol. The molecule has 1 saturated carbocycles. The summed E-state index contributed by atoms with van der Waals surface area (Å²) in [5, 5.41) is 12.6. The van der Waals surface area contributed by atoms with Crippen LogP contribution in [0, 0.1) is 23.2 Å². The van der Waals surface area contributed by atoms with Gasteiger partial charge in [0.05, 0.1) is 6.07 Å². The molecule has 2 heteroatoms. The van der Waals surface area contributed by atoms with Gasteiger partial charge in [-0.2, -0.15) is 5.26 Å². The normalized spacial score (nSPS) is 37.5. The highest BCUT2D eigenvalue weighted by Gasteiger charge is 2.39. The second kappa shape index (κ2) is 4.61. The molecule has 14 heavy (non-hydrogen) atoms. The lowest BCUT2D eigenvalue weighted by Crippen LogP contribution is -2.52. The number of rotatable bonds is 3. The van der Waals surface area contributed by atoms with Crippen molar-refractivity contribution in [2.45, 2.75) is 38.6 Å².